The molecule has 15 nitrogen and oxygen atoms in total. The van der Waals surface area contributed by atoms with Crippen LogP contribution in [0.15, 0.2) is 124 Å². The van der Waals surface area contributed by atoms with Gasteiger partial charge >= 0.3 is 23.9 Å². The van der Waals surface area contributed by atoms with Crippen LogP contribution in [0.4, 0.5) is 8.78 Å². The summed E-state index contributed by atoms with van der Waals surface area (Å²) in [5.41, 5.74) is 0.415. The molecule has 0 aromatic heterocycles. The lowest BCUT2D eigenvalue weighted by Crippen LogP contribution is -2.45. The Balaban J connectivity index is 0.000000331. The lowest BCUT2D eigenvalue weighted by atomic mass is 10.1. The summed E-state index contributed by atoms with van der Waals surface area (Å²) in [5, 5.41) is 7.62. The first-order valence-electron chi connectivity index (χ1n) is 20.1. The summed E-state index contributed by atoms with van der Waals surface area (Å²) in [6.45, 7) is -1.21. The molecular formula is C46H36BrCl7F2N2O13S. The summed E-state index contributed by atoms with van der Waals surface area (Å²) in [6, 6.07) is 24.8. The van der Waals surface area contributed by atoms with Crippen molar-refractivity contribution < 1.29 is 69.2 Å². The summed E-state index contributed by atoms with van der Waals surface area (Å²) in [5.74, 6) is -3.46. The molecule has 26 heteroatoms. The highest BCUT2D eigenvalue weighted by Crippen LogP contribution is 2.34. The molecule has 0 bridgehead atoms. The number of ether oxygens (including phenoxy) is 4. The van der Waals surface area contributed by atoms with Crippen molar-refractivity contribution in [2.45, 2.75) is 40.4 Å². The Bertz CT molecular complexity index is 2810. The molecule has 0 amide bonds. The van der Waals surface area contributed by atoms with Crippen LogP contribution >= 0.6 is 97.1 Å². The third-order valence-corrected chi connectivity index (χ3v) is 13.3. The number of benzene rings is 5. The molecule has 0 saturated heterocycles. The monoisotopic (exact) mass is 1220 g/mol. The van der Waals surface area contributed by atoms with Gasteiger partial charge in [-0.2, -0.15) is 8.42 Å². The largest absolute Gasteiger partial charge is 0.461 e. The smallest absolute Gasteiger partial charge is 0.338 e. The minimum Gasteiger partial charge on any atom is -0.461 e. The van der Waals surface area contributed by atoms with Crippen molar-refractivity contribution in [1.82, 2.24) is 0 Å². The van der Waals surface area contributed by atoms with Crippen molar-refractivity contribution >= 4 is 144 Å². The lowest BCUT2D eigenvalue weighted by Gasteiger charge is -2.27. The van der Waals surface area contributed by atoms with E-state index in [2.05, 4.69) is 35.9 Å². The second-order valence-electron chi connectivity index (χ2n) is 14.0. The van der Waals surface area contributed by atoms with Crippen molar-refractivity contribution in [3.8, 4) is 0 Å². The molecule has 0 unspecified atom stereocenters. The Kier molecular flexibility index (Phi) is 24.2. The zero-order valence-corrected chi connectivity index (χ0v) is 44.5. The summed E-state index contributed by atoms with van der Waals surface area (Å²) < 4.78 is 83.0. The Labute approximate surface area is 454 Å². The van der Waals surface area contributed by atoms with Gasteiger partial charge in [0.25, 0.3) is 10.1 Å². The molecule has 0 aliphatic carbocycles. The molecule has 5 rings (SSSR count). The quantitative estimate of drug-likeness (QED) is 0.0128. The minimum absolute atomic E-state index is 0.0287. The number of carbonyl (C=O) groups excluding carboxylic acids is 4. The SMILES string of the molecule is CON=C[C@@H](F)[C@H](OC(=O)c1ccc(Cl)cc1)[C@@H](Br)COC(=O)c1ccc(Cl)cc1.CON=C[C@@H](F)[C@H](OC(=O)c1ccc(Cl)cc1)[C@@H](COC(=O)c1ccc(Cl)cc1)OS(=O)(=O)c1cc(Cl)c(Cl)cc1Cl. The Morgan fingerprint density at radius 2 is 0.889 bits per heavy atom. The van der Waals surface area contributed by atoms with Crippen LogP contribution in [0.2, 0.25) is 35.2 Å². The number of rotatable bonds is 21. The number of hydrogen-bond donors (Lipinski definition) is 0. The van der Waals surface area contributed by atoms with Crippen LogP contribution in [0.25, 0.3) is 0 Å². The first kappa shape index (κ1) is 59.8. The second kappa shape index (κ2) is 29.2. The molecular weight excluding hydrogens is 1190 g/mol. The molecule has 0 saturated carbocycles. The number of esters is 4. The number of oxime groups is 2. The molecule has 0 fully saturated rings. The average Bonchev–Trinajstić information content (AvgIpc) is 3.35. The molecule has 0 aliphatic rings. The predicted octanol–water partition coefficient (Wildman–Crippen LogP) is 12.2. The predicted molar refractivity (Wildman–Crippen MR) is 272 cm³/mol. The van der Waals surface area contributed by atoms with Crippen LogP contribution in [0.3, 0.4) is 0 Å². The van der Waals surface area contributed by atoms with Crippen molar-refractivity contribution in [3.63, 3.8) is 0 Å². The van der Waals surface area contributed by atoms with E-state index in [0.717, 1.165) is 25.5 Å². The van der Waals surface area contributed by atoms with Crippen molar-refractivity contribution in [2.24, 2.45) is 10.3 Å². The maximum absolute atomic E-state index is 15.5. The van der Waals surface area contributed by atoms with Crippen molar-refractivity contribution in [2.75, 3.05) is 27.4 Å². The van der Waals surface area contributed by atoms with Gasteiger partial charge in [-0.05, 0) is 109 Å². The van der Waals surface area contributed by atoms with E-state index in [1.54, 1.807) is 12.1 Å². The first-order valence-corrected chi connectivity index (χ1v) is 25.0. The number of hydrogen-bond acceptors (Lipinski definition) is 15. The van der Waals surface area contributed by atoms with E-state index < -0.39 is 81.0 Å². The lowest BCUT2D eigenvalue weighted by molar-refractivity contribution is -0.0478. The summed E-state index contributed by atoms with van der Waals surface area (Å²) in [6.07, 6.45) is -8.15. The standard InChI is InChI=1S/C26H19Cl5FNO8S.C20H17BrCl2FNO5/c1-38-33-12-21(32)24(40-26(35)15-4-8-17(28)9-5-15)22(13-39-25(34)14-2-6-16(27)7-3-14)41-42(36,37)23-11-19(30)18(29)10-20(23)31;1-28-25-10-17(24)18(30-20(27)13-4-8-15(23)9-5-13)16(21)11-29-19(26)12-2-6-14(22)7-3-12/h2-12,21-22,24H,13H2,1H3;2-10,16-18H,11H2,1H3/t21-,22-,24+;16-,17+,18+/m10/s1. The third kappa shape index (κ3) is 18.6. The van der Waals surface area contributed by atoms with Gasteiger partial charge < -0.3 is 28.6 Å². The minimum atomic E-state index is -4.89. The molecule has 384 valence electrons. The normalized spacial score (nSPS) is 13.9. The maximum atomic E-state index is 15.5. The molecule has 5 aromatic carbocycles. The van der Waals surface area contributed by atoms with Crippen LogP contribution < -0.4 is 0 Å². The number of nitrogens with zero attached hydrogens (tertiary/aromatic N) is 2. The van der Waals surface area contributed by atoms with Crippen LogP contribution in [-0.4, -0.2) is 108 Å². The second-order valence-corrected chi connectivity index (χ2v) is 19.7. The highest BCUT2D eigenvalue weighted by Gasteiger charge is 2.40. The van der Waals surface area contributed by atoms with Crippen LogP contribution in [0, 0.1) is 0 Å². The summed E-state index contributed by atoms with van der Waals surface area (Å²) >= 11 is 44.5. The fraction of sp³-hybridized carbons (Fsp3) is 0.217. The van der Waals surface area contributed by atoms with Gasteiger partial charge in [0.05, 0.1) is 54.6 Å². The molecule has 0 aliphatic heterocycles. The Morgan fingerprint density at radius 1 is 0.542 bits per heavy atom. The highest BCUT2D eigenvalue weighted by atomic mass is 79.9. The van der Waals surface area contributed by atoms with Crippen molar-refractivity contribution in [3.05, 3.63) is 167 Å². The Morgan fingerprint density at radius 3 is 1.29 bits per heavy atom. The number of carbonyl (C=O) groups is 4. The molecule has 0 heterocycles. The van der Waals surface area contributed by atoms with E-state index in [1.807, 2.05) is 0 Å². The van der Waals surface area contributed by atoms with Crippen LogP contribution in [0.1, 0.15) is 41.4 Å². The van der Waals surface area contributed by atoms with E-state index in [-0.39, 0.29) is 43.9 Å². The molecule has 0 N–H and O–H groups in total. The van der Waals surface area contributed by atoms with E-state index >= 15 is 4.39 Å². The van der Waals surface area contributed by atoms with Gasteiger partial charge in [0.1, 0.15) is 32.3 Å². The zero-order valence-electron chi connectivity index (χ0n) is 36.8. The van der Waals surface area contributed by atoms with Gasteiger partial charge in [0, 0.05) is 20.1 Å². The molecule has 0 radical (unpaired) electrons. The number of halogens is 10. The van der Waals surface area contributed by atoms with E-state index in [1.165, 1.54) is 92.0 Å². The van der Waals surface area contributed by atoms with E-state index in [9.17, 15) is 32.0 Å². The third-order valence-electron chi connectivity index (χ3n) is 9.02. The number of alkyl halides is 3. The van der Waals surface area contributed by atoms with E-state index in [0.29, 0.717) is 26.3 Å². The fourth-order valence-electron chi connectivity index (χ4n) is 5.48. The van der Waals surface area contributed by atoms with Gasteiger partial charge in [-0.1, -0.05) is 107 Å². The molecule has 6 atom stereocenters. The zero-order chi connectivity index (χ0) is 53.1. The van der Waals surface area contributed by atoms with Gasteiger partial charge in [0.2, 0.25) is 0 Å². The Hall–Kier alpha value is -4.80. The molecule has 0 spiro atoms. The topological polar surface area (TPSA) is 192 Å². The van der Waals surface area contributed by atoms with Crippen LogP contribution in [0.5, 0.6) is 0 Å². The van der Waals surface area contributed by atoms with Gasteiger partial charge in [0.15, 0.2) is 30.7 Å². The maximum Gasteiger partial charge on any atom is 0.338 e. The molecule has 72 heavy (non-hydrogen) atoms. The molecule has 5 aromatic rings. The average molecular weight is 1220 g/mol. The fourth-order valence-corrected chi connectivity index (χ4v) is 8.57. The van der Waals surface area contributed by atoms with Gasteiger partial charge in [-0.15, -0.1) is 0 Å². The summed E-state index contributed by atoms with van der Waals surface area (Å²) in [7, 11) is -2.52. The highest BCUT2D eigenvalue weighted by molar-refractivity contribution is 9.09. The van der Waals surface area contributed by atoms with E-state index in [4.69, 9.17) is 104 Å². The van der Waals surface area contributed by atoms with Gasteiger partial charge in [-0.25, -0.2) is 28.0 Å². The van der Waals surface area contributed by atoms with Crippen molar-refractivity contribution in [1.29, 1.82) is 0 Å². The first-order chi connectivity index (χ1) is 34.1. The summed E-state index contributed by atoms with van der Waals surface area (Å²) in [4.78, 5) is 57.6. The van der Waals surface area contributed by atoms with Crippen LogP contribution in [-0.2, 0) is 42.9 Å². The van der Waals surface area contributed by atoms with Gasteiger partial charge in [-0.3, -0.25) is 4.18 Å².